The van der Waals surface area contributed by atoms with Gasteiger partial charge in [-0.2, -0.15) is 4.57 Å². The van der Waals surface area contributed by atoms with Crippen LogP contribution < -0.4 is 20.8 Å². The molecule has 10 atom stereocenters. The third kappa shape index (κ3) is 8.12. The van der Waals surface area contributed by atoms with Gasteiger partial charge in [-0.15, -0.1) is 0 Å². The molecule has 3 aromatic heterocycles. The Labute approximate surface area is 266 Å². The second kappa shape index (κ2) is 13.8. The maximum absolute atomic E-state index is 12.5. The molecule has 2 aliphatic rings. The molecule has 3 aromatic rings. The molecule has 27 heteroatoms. The fourth-order valence-corrected chi connectivity index (χ4v) is 7.42. The van der Waals surface area contributed by atoms with Gasteiger partial charge in [0.1, 0.15) is 36.1 Å². The molecular formula is C21H27N6O18P3. The summed E-state index contributed by atoms with van der Waals surface area (Å²) in [6.45, 7) is -2.16. The number of nitrogens with two attached hydrogens (primary N) is 1. The number of ether oxygens (including phenoxy) is 2. The van der Waals surface area contributed by atoms with E-state index in [1.165, 1.54) is 29.1 Å². The van der Waals surface area contributed by atoms with Crippen LogP contribution in [0.5, 0.6) is 0 Å². The Hall–Kier alpha value is -2.86. The van der Waals surface area contributed by atoms with Gasteiger partial charge in [-0.1, -0.05) is 0 Å². The molecule has 0 saturated carbocycles. The lowest BCUT2D eigenvalue weighted by Gasteiger charge is -2.26. The number of rotatable bonds is 13. The normalized spacial score (nSPS) is 30.3. The number of H-pyrrole nitrogens is 1. The molecule has 5 rings (SSSR count). The highest BCUT2D eigenvalue weighted by Gasteiger charge is 2.51. The number of aromatic nitrogens is 5. The third-order valence-corrected chi connectivity index (χ3v) is 10.0. The zero-order valence-corrected chi connectivity index (χ0v) is 26.5. The summed E-state index contributed by atoms with van der Waals surface area (Å²) in [4.78, 5) is 74.6. The molecule has 24 nitrogen and oxygen atoms in total. The number of aliphatic hydroxyl groups is 3. The number of nitrogens with one attached hydrogen (secondary N) is 1. The van der Waals surface area contributed by atoms with E-state index >= 15 is 0 Å². The number of carbonyl (C=O) groups is 1. The number of hydrogen-bond donors (Lipinski definition) is 8. The lowest BCUT2D eigenvalue weighted by Crippen LogP contribution is -2.46. The topological polar surface area (TPSA) is 362 Å². The van der Waals surface area contributed by atoms with E-state index in [4.69, 9.17) is 15.2 Å². The molecule has 5 heterocycles. The first-order valence-electron chi connectivity index (χ1n) is 13.3. The van der Waals surface area contributed by atoms with Crippen molar-refractivity contribution in [3.63, 3.8) is 0 Å². The van der Waals surface area contributed by atoms with Gasteiger partial charge in [-0.3, -0.25) is 27.8 Å². The third-order valence-electron chi connectivity index (χ3n) is 6.95. The van der Waals surface area contributed by atoms with E-state index in [9.17, 15) is 58.2 Å². The van der Waals surface area contributed by atoms with Crippen LogP contribution in [0.4, 0.5) is 0 Å². The summed E-state index contributed by atoms with van der Waals surface area (Å²) in [6.07, 6.45) is -9.00. The van der Waals surface area contributed by atoms with Crippen LogP contribution in [-0.2, 0) is 41.1 Å². The Morgan fingerprint density at radius 1 is 1.06 bits per heavy atom. The van der Waals surface area contributed by atoms with E-state index in [0.717, 1.165) is 17.2 Å². The quantitative estimate of drug-likeness (QED) is 0.0614. The van der Waals surface area contributed by atoms with Crippen LogP contribution in [0.1, 0.15) is 22.8 Å². The molecule has 2 saturated heterocycles. The van der Waals surface area contributed by atoms with E-state index in [1.54, 1.807) is 0 Å². The molecule has 0 spiro atoms. The Morgan fingerprint density at radius 2 is 1.75 bits per heavy atom. The Kier molecular flexibility index (Phi) is 10.5. The first kappa shape index (κ1) is 36.4. The largest absolute Gasteiger partial charge is 0.756 e. The summed E-state index contributed by atoms with van der Waals surface area (Å²) in [5.41, 5.74) is 4.18. The maximum atomic E-state index is 12.5. The lowest BCUT2D eigenvalue weighted by molar-refractivity contribution is -0.765. The van der Waals surface area contributed by atoms with Gasteiger partial charge in [-0.05, 0) is 6.07 Å². The number of phosphoric acid groups is 3. The highest BCUT2D eigenvalue weighted by atomic mass is 31.3. The van der Waals surface area contributed by atoms with Gasteiger partial charge in [0, 0.05) is 6.07 Å². The fourth-order valence-electron chi connectivity index (χ4n) is 4.82. The number of primary amides is 1. The number of phosphoric ester groups is 3. The van der Waals surface area contributed by atoms with Gasteiger partial charge in [0.2, 0.25) is 0 Å². The fraction of sp³-hybridized carbons (Fsp3) is 0.476. The highest BCUT2D eigenvalue weighted by Crippen LogP contribution is 2.58. The van der Waals surface area contributed by atoms with Gasteiger partial charge in [0.25, 0.3) is 25.5 Å². The standard InChI is InChI=1S/C21H27N6O18P3/c22-17(31)9-2-1-3-26(4-9)20-15(30)13(28)10(42-20)5-40-47(36,37)45-48(38,39)41-6-11-14(29)16(44-46(33,34)35)21(43-11)27-8-25-12-18(27)23-7-24-19(12)32/h1-4,7-8,10-11,13-16,20-21,28-30H,5-6H2,(H6-,22,23,24,31,32,33,34,35,36,37,38,39). The Bertz CT molecular complexity index is 1870. The molecule has 264 valence electrons. The minimum Gasteiger partial charge on any atom is -0.756 e. The highest BCUT2D eigenvalue weighted by molar-refractivity contribution is 7.60. The van der Waals surface area contributed by atoms with Crippen molar-refractivity contribution in [1.29, 1.82) is 0 Å². The first-order valence-corrected chi connectivity index (χ1v) is 17.8. The van der Waals surface area contributed by atoms with Crippen LogP contribution in [-0.4, -0.2) is 105 Å². The monoisotopic (exact) mass is 744 g/mol. The lowest BCUT2D eigenvalue weighted by atomic mass is 10.1. The summed E-state index contributed by atoms with van der Waals surface area (Å²) in [7, 11) is -16.7. The second-order valence-electron chi connectivity index (χ2n) is 10.2. The molecule has 10 unspecified atom stereocenters. The van der Waals surface area contributed by atoms with E-state index in [1.807, 2.05) is 0 Å². The van der Waals surface area contributed by atoms with Crippen LogP contribution in [0.15, 0.2) is 42.0 Å². The number of hydrogen-bond acceptors (Lipinski definition) is 17. The summed E-state index contributed by atoms with van der Waals surface area (Å²) < 4.78 is 67.6. The predicted molar refractivity (Wildman–Crippen MR) is 146 cm³/mol. The van der Waals surface area contributed by atoms with Gasteiger partial charge in [0.05, 0.1) is 25.9 Å². The van der Waals surface area contributed by atoms with Gasteiger partial charge < -0.3 is 59.6 Å². The van der Waals surface area contributed by atoms with E-state index in [0.29, 0.717) is 0 Å². The maximum Gasteiger partial charge on any atom is 0.478 e. The van der Waals surface area contributed by atoms with Crippen molar-refractivity contribution >= 4 is 40.5 Å². The average Bonchev–Trinajstić information content (AvgIpc) is 3.64. The molecule has 48 heavy (non-hydrogen) atoms. The van der Waals surface area contributed by atoms with Gasteiger partial charge in [0.15, 0.2) is 35.9 Å². The van der Waals surface area contributed by atoms with Crippen molar-refractivity contribution in [1.82, 2.24) is 19.5 Å². The summed E-state index contributed by atoms with van der Waals surface area (Å²) in [5, 5.41) is 31.4. The number of fused-ring (bicyclic) bond motifs is 1. The average molecular weight is 744 g/mol. The number of amides is 1. The molecule has 0 radical (unpaired) electrons. The van der Waals surface area contributed by atoms with E-state index in [-0.39, 0.29) is 16.7 Å². The molecule has 0 aliphatic carbocycles. The SMILES string of the molecule is NC(=O)c1ccc[n+](C2OC(COP(=O)([O-])OP(=O)(O)OCC3OC(n4cnc5c(=O)[nH]cnc54)C(OP(=O)(O)O)C3O)C(O)C2O)c1. The molecule has 2 aliphatic heterocycles. The zero-order valence-electron chi connectivity index (χ0n) is 23.8. The van der Waals surface area contributed by atoms with Crippen LogP contribution in [0.2, 0.25) is 0 Å². The minimum atomic E-state index is -5.74. The first-order chi connectivity index (χ1) is 22.4. The molecule has 2 fully saturated rings. The van der Waals surface area contributed by atoms with Crippen LogP contribution in [0.3, 0.4) is 0 Å². The summed E-state index contributed by atoms with van der Waals surface area (Å²) >= 11 is 0. The summed E-state index contributed by atoms with van der Waals surface area (Å²) in [6, 6.07) is 2.76. The number of pyridine rings is 1. The molecule has 0 aromatic carbocycles. The van der Waals surface area contributed by atoms with Gasteiger partial charge in [-0.25, -0.2) is 23.4 Å². The predicted octanol–water partition coefficient (Wildman–Crippen LogP) is -3.82. The number of aromatic amines is 1. The molecule has 1 amide bonds. The van der Waals surface area contributed by atoms with Gasteiger partial charge >= 0.3 is 15.6 Å². The number of imidazole rings is 1. The number of aliphatic hydroxyl groups excluding tert-OH is 3. The Morgan fingerprint density at radius 3 is 2.44 bits per heavy atom. The smallest absolute Gasteiger partial charge is 0.478 e. The van der Waals surface area contributed by atoms with Crippen molar-refractivity contribution in [3.8, 4) is 0 Å². The van der Waals surface area contributed by atoms with Crippen molar-refractivity contribution in [2.45, 2.75) is 49.1 Å². The van der Waals surface area contributed by atoms with Crippen molar-refractivity contribution in [2.24, 2.45) is 5.73 Å². The molecular weight excluding hydrogens is 717 g/mol. The number of carbonyl (C=O) groups excluding carboxylic acids is 1. The van der Waals surface area contributed by atoms with Crippen molar-refractivity contribution in [3.05, 3.63) is 53.1 Å². The van der Waals surface area contributed by atoms with Crippen molar-refractivity contribution in [2.75, 3.05) is 13.2 Å². The van der Waals surface area contributed by atoms with E-state index in [2.05, 4.69) is 32.8 Å². The van der Waals surface area contributed by atoms with Crippen LogP contribution in [0, 0.1) is 0 Å². The summed E-state index contributed by atoms with van der Waals surface area (Å²) in [5.74, 6) is -0.803. The second-order valence-corrected chi connectivity index (χ2v) is 14.4. The van der Waals surface area contributed by atoms with Crippen LogP contribution >= 0.6 is 23.5 Å². The van der Waals surface area contributed by atoms with Crippen LogP contribution in [0.25, 0.3) is 11.2 Å². The van der Waals surface area contributed by atoms with Crippen molar-refractivity contribution < 1.29 is 85.3 Å². The van der Waals surface area contributed by atoms with E-state index < -0.39 is 97.2 Å². The number of nitrogens with zero attached hydrogens (tertiary/aromatic N) is 4. The molecule has 9 N–H and O–H groups in total. The minimum absolute atomic E-state index is 0.0263. The molecule has 0 bridgehead atoms. The Balaban J connectivity index is 1.21. The zero-order chi connectivity index (χ0) is 35.2.